The molecule has 1 rings (SSSR count). The summed E-state index contributed by atoms with van der Waals surface area (Å²) in [6.45, 7) is 6.80. The SMILES string of the molecule is CC1CO1.CCC(C)OC(=O)OC.O=C=O. The summed E-state index contributed by atoms with van der Waals surface area (Å²) in [6.07, 6.45) is 0.997. The fourth-order valence-electron chi connectivity index (χ4n) is 0.392. The van der Waals surface area contributed by atoms with E-state index < -0.39 is 6.16 Å². The van der Waals surface area contributed by atoms with Crippen molar-refractivity contribution in [2.24, 2.45) is 0 Å². The van der Waals surface area contributed by atoms with Gasteiger partial charge in [-0.3, -0.25) is 0 Å². The van der Waals surface area contributed by atoms with Crippen LogP contribution in [0.5, 0.6) is 0 Å². The van der Waals surface area contributed by atoms with Gasteiger partial charge in [0.15, 0.2) is 0 Å². The highest BCUT2D eigenvalue weighted by atomic mass is 16.7. The van der Waals surface area contributed by atoms with Crippen molar-refractivity contribution in [1.82, 2.24) is 0 Å². The Bertz CT molecular complexity index is 205. The third kappa shape index (κ3) is 18.4. The molecule has 1 heterocycles. The molecule has 6 heteroatoms. The van der Waals surface area contributed by atoms with E-state index in [0.29, 0.717) is 6.10 Å². The van der Waals surface area contributed by atoms with Crippen LogP contribution >= 0.6 is 0 Å². The van der Waals surface area contributed by atoms with Gasteiger partial charge in [0.05, 0.1) is 19.8 Å². The van der Waals surface area contributed by atoms with Crippen LogP contribution in [-0.2, 0) is 23.8 Å². The third-order valence-electron chi connectivity index (χ3n) is 1.54. The molecule has 0 aromatic heterocycles. The van der Waals surface area contributed by atoms with Gasteiger partial charge in [-0.2, -0.15) is 9.59 Å². The first-order valence-electron chi connectivity index (χ1n) is 4.87. The lowest BCUT2D eigenvalue weighted by Gasteiger charge is -2.07. The first-order chi connectivity index (χ1) is 7.51. The molecule has 0 radical (unpaired) electrons. The molecule has 0 N–H and O–H groups in total. The van der Waals surface area contributed by atoms with E-state index in [1.54, 1.807) is 0 Å². The summed E-state index contributed by atoms with van der Waals surface area (Å²) in [5.74, 6) is 0. The zero-order valence-corrected chi connectivity index (χ0v) is 10.0. The molecule has 1 aliphatic rings. The van der Waals surface area contributed by atoms with Crippen LogP contribution < -0.4 is 0 Å². The number of hydrogen-bond donors (Lipinski definition) is 0. The van der Waals surface area contributed by atoms with E-state index >= 15 is 0 Å². The lowest BCUT2D eigenvalue weighted by molar-refractivity contribution is -0.191. The predicted molar refractivity (Wildman–Crippen MR) is 53.7 cm³/mol. The normalized spacial score (nSPS) is 17.4. The minimum atomic E-state index is -0.607. The Morgan fingerprint density at radius 2 is 1.94 bits per heavy atom. The second kappa shape index (κ2) is 11.7. The van der Waals surface area contributed by atoms with Crippen LogP contribution in [0.15, 0.2) is 0 Å². The summed E-state index contributed by atoms with van der Waals surface area (Å²) in [4.78, 5) is 26.6. The van der Waals surface area contributed by atoms with Crippen LogP contribution in [-0.4, -0.2) is 38.2 Å². The van der Waals surface area contributed by atoms with Gasteiger partial charge in [0.25, 0.3) is 0 Å². The molecule has 0 spiro atoms. The van der Waals surface area contributed by atoms with Crippen molar-refractivity contribution >= 4 is 12.3 Å². The van der Waals surface area contributed by atoms with E-state index in [1.807, 2.05) is 13.8 Å². The van der Waals surface area contributed by atoms with E-state index in [0.717, 1.165) is 13.0 Å². The van der Waals surface area contributed by atoms with Crippen LogP contribution in [0.4, 0.5) is 4.79 Å². The molecule has 1 aliphatic heterocycles. The average molecular weight is 234 g/mol. The number of carbonyl (C=O) groups is 1. The minimum absolute atomic E-state index is 0.0440. The maximum Gasteiger partial charge on any atom is 0.508 e. The van der Waals surface area contributed by atoms with Gasteiger partial charge in [0, 0.05) is 0 Å². The Morgan fingerprint density at radius 3 is 2.12 bits per heavy atom. The second-order valence-corrected chi connectivity index (χ2v) is 3.02. The molecule has 1 fully saturated rings. The zero-order chi connectivity index (χ0) is 13.0. The molecular weight excluding hydrogens is 216 g/mol. The Labute approximate surface area is 94.9 Å². The molecule has 16 heavy (non-hydrogen) atoms. The van der Waals surface area contributed by atoms with Crippen LogP contribution in [0.3, 0.4) is 0 Å². The lowest BCUT2D eigenvalue weighted by atomic mass is 10.3. The van der Waals surface area contributed by atoms with Crippen molar-refractivity contribution in [2.45, 2.75) is 39.4 Å². The molecule has 0 aliphatic carbocycles. The first kappa shape index (κ1) is 17.0. The van der Waals surface area contributed by atoms with E-state index in [4.69, 9.17) is 14.3 Å². The minimum Gasteiger partial charge on any atom is -0.438 e. The van der Waals surface area contributed by atoms with Crippen LogP contribution in [0.25, 0.3) is 0 Å². The van der Waals surface area contributed by atoms with Gasteiger partial charge in [0.2, 0.25) is 0 Å². The standard InChI is InChI=1S/C6H12O3.C3H6O.CO2/c1-4-5(2)9-6(7)8-3;1-3-2-4-3;2-1-3/h5H,4H2,1-3H3;3H,2H2,1H3;. The zero-order valence-electron chi connectivity index (χ0n) is 10.0. The predicted octanol–water partition coefficient (Wildman–Crippen LogP) is 1.39. The molecule has 2 unspecified atom stereocenters. The summed E-state index contributed by atoms with van der Waals surface area (Å²) in [5, 5.41) is 0. The summed E-state index contributed by atoms with van der Waals surface area (Å²) in [7, 11) is 1.30. The molecule has 0 saturated carbocycles. The number of carbonyl (C=O) groups excluding carboxylic acids is 3. The van der Waals surface area contributed by atoms with Gasteiger partial charge < -0.3 is 14.2 Å². The third-order valence-corrected chi connectivity index (χ3v) is 1.54. The molecular formula is C10H18O6. The molecule has 0 amide bonds. The number of methoxy groups -OCH3 is 1. The second-order valence-electron chi connectivity index (χ2n) is 3.02. The van der Waals surface area contributed by atoms with Crippen LogP contribution in [0.2, 0.25) is 0 Å². The molecule has 0 bridgehead atoms. The maximum absolute atomic E-state index is 10.3. The number of ether oxygens (including phenoxy) is 3. The quantitative estimate of drug-likeness (QED) is 0.530. The molecule has 6 nitrogen and oxygen atoms in total. The van der Waals surface area contributed by atoms with Crippen molar-refractivity contribution in [3.8, 4) is 0 Å². The van der Waals surface area contributed by atoms with Gasteiger partial charge in [-0.15, -0.1) is 0 Å². The highest BCUT2D eigenvalue weighted by molar-refractivity contribution is 5.59. The summed E-state index contributed by atoms with van der Waals surface area (Å²) in [6, 6.07) is 0. The highest BCUT2D eigenvalue weighted by Gasteiger charge is 2.13. The number of hydrogen-bond acceptors (Lipinski definition) is 6. The Morgan fingerprint density at radius 1 is 1.56 bits per heavy atom. The summed E-state index contributed by atoms with van der Waals surface area (Å²) in [5.41, 5.74) is 0. The molecule has 0 aromatic carbocycles. The van der Waals surface area contributed by atoms with Crippen molar-refractivity contribution in [1.29, 1.82) is 0 Å². The largest absolute Gasteiger partial charge is 0.508 e. The van der Waals surface area contributed by atoms with Gasteiger partial charge in [-0.05, 0) is 20.3 Å². The Balaban J connectivity index is 0. The van der Waals surface area contributed by atoms with E-state index in [1.165, 1.54) is 7.11 Å². The smallest absolute Gasteiger partial charge is 0.438 e. The van der Waals surface area contributed by atoms with Crippen LogP contribution in [0.1, 0.15) is 27.2 Å². The van der Waals surface area contributed by atoms with Gasteiger partial charge in [-0.1, -0.05) is 6.92 Å². The van der Waals surface area contributed by atoms with Gasteiger partial charge in [-0.25, -0.2) is 4.79 Å². The van der Waals surface area contributed by atoms with E-state index in [9.17, 15) is 4.79 Å². The van der Waals surface area contributed by atoms with E-state index in [2.05, 4.69) is 16.4 Å². The molecule has 1 saturated heterocycles. The maximum atomic E-state index is 10.3. The number of epoxide rings is 1. The molecule has 2 atom stereocenters. The monoisotopic (exact) mass is 234 g/mol. The van der Waals surface area contributed by atoms with Gasteiger partial charge >= 0.3 is 12.3 Å². The van der Waals surface area contributed by atoms with Crippen molar-refractivity contribution < 1.29 is 28.6 Å². The number of rotatable bonds is 2. The fraction of sp³-hybridized carbons (Fsp3) is 0.800. The lowest BCUT2D eigenvalue weighted by Crippen LogP contribution is -2.13. The van der Waals surface area contributed by atoms with Crippen molar-refractivity contribution in [3.05, 3.63) is 0 Å². The Kier molecular flexibility index (Phi) is 12.4. The average Bonchev–Trinajstić information content (AvgIpc) is 3.02. The van der Waals surface area contributed by atoms with Crippen LogP contribution in [0, 0.1) is 0 Å². The first-order valence-corrected chi connectivity index (χ1v) is 4.87. The van der Waals surface area contributed by atoms with Gasteiger partial charge in [0.1, 0.15) is 6.10 Å². The van der Waals surface area contributed by atoms with Crippen molar-refractivity contribution in [2.75, 3.05) is 13.7 Å². The topological polar surface area (TPSA) is 82.2 Å². The summed E-state index contributed by atoms with van der Waals surface area (Å²) >= 11 is 0. The van der Waals surface area contributed by atoms with E-state index in [-0.39, 0.29) is 12.3 Å². The summed E-state index contributed by atoms with van der Waals surface area (Å²) < 4.78 is 13.7. The highest BCUT2D eigenvalue weighted by Crippen LogP contribution is 2.04. The molecule has 0 aromatic rings. The Hall–Kier alpha value is -1.39. The van der Waals surface area contributed by atoms with Crippen molar-refractivity contribution in [3.63, 3.8) is 0 Å². The fourth-order valence-corrected chi connectivity index (χ4v) is 0.392. The molecule has 94 valence electrons.